The summed E-state index contributed by atoms with van der Waals surface area (Å²) in [5.74, 6) is 0.830. The molecule has 2 aliphatic heterocycles. The number of amides is 1. The van der Waals surface area contributed by atoms with Crippen LogP contribution in [0, 0.1) is 11.3 Å². The van der Waals surface area contributed by atoms with Gasteiger partial charge in [-0.2, -0.15) is 0 Å². The number of carbonyl (C=O) groups is 1. The number of carbonyl (C=O) groups excluding carboxylic acids is 1. The fraction of sp³-hybridized carbons (Fsp3) is 0.938. The van der Waals surface area contributed by atoms with E-state index in [1.54, 1.807) is 7.05 Å². The number of rotatable bonds is 4. The van der Waals surface area contributed by atoms with Crippen LogP contribution in [0.15, 0.2) is 0 Å². The van der Waals surface area contributed by atoms with E-state index in [1.807, 2.05) is 0 Å². The molecule has 0 spiro atoms. The van der Waals surface area contributed by atoms with Gasteiger partial charge in [-0.1, -0.05) is 13.8 Å². The maximum atomic E-state index is 11.4. The van der Waals surface area contributed by atoms with Gasteiger partial charge in [-0.15, -0.1) is 0 Å². The highest BCUT2D eigenvalue weighted by Gasteiger charge is 2.59. The average Bonchev–Trinajstić information content (AvgIpc) is 2.93. The van der Waals surface area contributed by atoms with Gasteiger partial charge in [-0.3, -0.25) is 9.69 Å². The van der Waals surface area contributed by atoms with Crippen LogP contribution in [0.3, 0.4) is 0 Å². The van der Waals surface area contributed by atoms with Crippen molar-refractivity contribution in [2.75, 3.05) is 33.3 Å². The fourth-order valence-corrected chi connectivity index (χ4v) is 4.46. The molecule has 0 aromatic carbocycles. The van der Waals surface area contributed by atoms with Crippen molar-refractivity contribution in [3.8, 4) is 0 Å². The molecule has 1 aliphatic carbocycles. The van der Waals surface area contributed by atoms with Crippen molar-refractivity contribution in [2.45, 2.75) is 51.3 Å². The van der Waals surface area contributed by atoms with E-state index in [-0.39, 0.29) is 11.3 Å². The van der Waals surface area contributed by atoms with Gasteiger partial charge in [0.1, 0.15) is 0 Å². The van der Waals surface area contributed by atoms with Crippen molar-refractivity contribution < 1.29 is 9.53 Å². The summed E-state index contributed by atoms with van der Waals surface area (Å²) < 4.78 is 5.87. The molecule has 2 saturated heterocycles. The second-order valence-electron chi connectivity index (χ2n) is 7.43. The lowest BCUT2D eigenvalue weighted by Crippen LogP contribution is -2.68. The van der Waals surface area contributed by atoms with Gasteiger partial charge in [0.15, 0.2) is 0 Å². The molecule has 5 heteroatoms. The van der Waals surface area contributed by atoms with E-state index >= 15 is 0 Å². The zero-order valence-electron chi connectivity index (χ0n) is 13.5. The van der Waals surface area contributed by atoms with Crippen LogP contribution in [0.25, 0.3) is 0 Å². The largest absolute Gasteiger partial charge is 0.377 e. The Labute approximate surface area is 127 Å². The predicted molar refractivity (Wildman–Crippen MR) is 82.1 cm³/mol. The number of likely N-dealkylation sites (tertiary alicyclic amines) is 1. The van der Waals surface area contributed by atoms with Crippen LogP contribution in [0.2, 0.25) is 0 Å². The van der Waals surface area contributed by atoms with E-state index < -0.39 is 0 Å². The zero-order chi connectivity index (χ0) is 15.0. The Morgan fingerprint density at radius 1 is 1.29 bits per heavy atom. The molecule has 3 fully saturated rings. The molecule has 0 aromatic rings. The first-order chi connectivity index (χ1) is 10.0. The predicted octanol–water partition coefficient (Wildman–Crippen LogP) is 0.600. The van der Waals surface area contributed by atoms with Crippen LogP contribution in [-0.2, 0) is 9.53 Å². The highest BCUT2D eigenvalue weighted by atomic mass is 16.5. The Kier molecular flexibility index (Phi) is 4.26. The summed E-state index contributed by atoms with van der Waals surface area (Å²) in [6.07, 6.45) is 3.95. The Morgan fingerprint density at radius 2 is 2.00 bits per heavy atom. The van der Waals surface area contributed by atoms with E-state index in [2.05, 4.69) is 29.4 Å². The van der Waals surface area contributed by atoms with Gasteiger partial charge in [-0.25, -0.2) is 0 Å². The molecule has 1 amide bonds. The van der Waals surface area contributed by atoms with Gasteiger partial charge in [0.05, 0.1) is 12.6 Å². The number of hydrogen-bond donors (Lipinski definition) is 2. The molecular formula is C16H29N3O2. The number of fused-ring (bicyclic) bond motifs is 1. The van der Waals surface area contributed by atoms with Crippen molar-refractivity contribution in [1.82, 2.24) is 15.5 Å². The molecule has 0 bridgehead atoms. The third-order valence-electron chi connectivity index (χ3n) is 5.75. The maximum absolute atomic E-state index is 11.4. The number of ether oxygens (including phenoxy) is 1. The summed E-state index contributed by atoms with van der Waals surface area (Å²) in [5.41, 5.74) is 0.264. The summed E-state index contributed by atoms with van der Waals surface area (Å²) in [5, 5.41) is 6.60. The lowest BCUT2D eigenvalue weighted by molar-refractivity contribution is -0.122. The molecule has 3 atom stereocenters. The van der Waals surface area contributed by atoms with Gasteiger partial charge in [0.2, 0.25) is 5.91 Å². The first kappa shape index (κ1) is 15.3. The van der Waals surface area contributed by atoms with Crippen LogP contribution < -0.4 is 10.6 Å². The Bertz CT molecular complexity index is 391. The first-order valence-electron chi connectivity index (χ1n) is 8.33. The van der Waals surface area contributed by atoms with Gasteiger partial charge in [-0.05, 0) is 19.3 Å². The third-order valence-corrected chi connectivity index (χ3v) is 5.75. The van der Waals surface area contributed by atoms with Gasteiger partial charge in [0, 0.05) is 50.2 Å². The smallest absolute Gasteiger partial charge is 0.233 e. The highest BCUT2D eigenvalue weighted by Crippen LogP contribution is 2.52. The summed E-state index contributed by atoms with van der Waals surface area (Å²) in [4.78, 5) is 13.7. The van der Waals surface area contributed by atoms with Crippen LogP contribution in [0.5, 0.6) is 0 Å². The Balaban J connectivity index is 1.46. The van der Waals surface area contributed by atoms with Crippen molar-refractivity contribution in [2.24, 2.45) is 11.3 Å². The molecule has 1 saturated carbocycles. The second-order valence-corrected chi connectivity index (χ2v) is 7.43. The number of nitrogens with zero attached hydrogens (tertiary/aromatic N) is 1. The lowest BCUT2D eigenvalue weighted by atomic mass is 9.57. The molecular weight excluding hydrogens is 266 g/mol. The summed E-state index contributed by atoms with van der Waals surface area (Å²) >= 11 is 0. The quantitative estimate of drug-likeness (QED) is 0.797. The average molecular weight is 295 g/mol. The molecule has 3 aliphatic rings. The third kappa shape index (κ3) is 2.83. The van der Waals surface area contributed by atoms with Crippen molar-refractivity contribution in [1.29, 1.82) is 0 Å². The van der Waals surface area contributed by atoms with E-state index in [4.69, 9.17) is 4.74 Å². The van der Waals surface area contributed by atoms with Crippen molar-refractivity contribution in [3.63, 3.8) is 0 Å². The lowest BCUT2D eigenvalue weighted by Gasteiger charge is -2.56. The fourth-order valence-electron chi connectivity index (χ4n) is 4.46. The van der Waals surface area contributed by atoms with Crippen LogP contribution >= 0.6 is 0 Å². The summed E-state index contributed by atoms with van der Waals surface area (Å²) in [7, 11) is 1.70. The van der Waals surface area contributed by atoms with Gasteiger partial charge < -0.3 is 15.4 Å². The maximum Gasteiger partial charge on any atom is 0.233 e. The molecule has 3 rings (SSSR count). The van der Waals surface area contributed by atoms with E-state index in [9.17, 15) is 4.79 Å². The molecule has 5 nitrogen and oxygen atoms in total. The molecule has 2 N–H and O–H groups in total. The SMILES string of the molecule is CNC(=O)CN1CCC(NC2C3CCOC3C2(C)C)CC1. The summed E-state index contributed by atoms with van der Waals surface area (Å²) in [6, 6.07) is 1.19. The second kappa shape index (κ2) is 5.86. The highest BCUT2D eigenvalue weighted by molar-refractivity contribution is 5.77. The standard InChI is InChI=1S/C16H29N3O2/c1-16(2)14(12-6-9-21-15(12)16)18-11-4-7-19(8-5-11)10-13(20)17-3/h11-12,14-15,18H,4-10H2,1-3H3,(H,17,20). The summed E-state index contributed by atoms with van der Waals surface area (Å²) in [6.45, 7) is 8.17. The zero-order valence-corrected chi connectivity index (χ0v) is 13.5. The number of nitrogens with one attached hydrogen (secondary N) is 2. The van der Waals surface area contributed by atoms with Crippen molar-refractivity contribution in [3.05, 3.63) is 0 Å². The molecule has 0 aromatic heterocycles. The van der Waals surface area contributed by atoms with E-state index in [1.165, 1.54) is 6.42 Å². The number of hydrogen-bond acceptors (Lipinski definition) is 4. The normalized spacial score (nSPS) is 36.0. The van der Waals surface area contributed by atoms with E-state index in [0.717, 1.165) is 32.5 Å². The molecule has 21 heavy (non-hydrogen) atoms. The minimum absolute atomic E-state index is 0.118. The number of piperidine rings is 1. The van der Waals surface area contributed by atoms with E-state index in [0.29, 0.717) is 30.7 Å². The topological polar surface area (TPSA) is 53.6 Å². The van der Waals surface area contributed by atoms with Gasteiger partial charge >= 0.3 is 0 Å². The Morgan fingerprint density at radius 3 is 2.67 bits per heavy atom. The Hall–Kier alpha value is -0.650. The minimum atomic E-state index is 0.118. The molecule has 3 unspecified atom stereocenters. The molecule has 2 heterocycles. The van der Waals surface area contributed by atoms with Crippen LogP contribution in [-0.4, -0.2) is 62.3 Å². The van der Waals surface area contributed by atoms with Crippen molar-refractivity contribution >= 4 is 5.91 Å². The number of likely N-dealkylation sites (N-methyl/N-ethyl adjacent to an activating group) is 1. The molecule has 120 valence electrons. The van der Waals surface area contributed by atoms with Crippen LogP contribution in [0.1, 0.15) is 33.1 Å². The van der Waals surface area contributed by atoms with Gasteiger partial charge in [0.25, 0.3) is 0 Å². The first-order valence-corrected chi connectivity index (χ1v) is 8.33. The molecule has 0 radical (unpaired) electrons. The monoisotopic (exact) mass is 295 g/mol. The minimum Gasteiger partial charge on any atom is -0.377 e. The van der Waals surface area contributed by atoms with Crippen LogP contribution in [0.4, 0.5) is 0 Å².